The van der Waals surface area contributed by atoms with Crippen LogP contribution in [0.2, 0.25) is 0 Å². The third-order valence-electron chi connectivity index (χ3n) is 3.55. The monoisotopic (exact) mass is 298 g/mol. The van der Waals surface area contributed by atoms with Gasteiger partial charge in [-0.2, -0.15) is 0 Å². The molecule has 0 aliphatic carbocycles. The molecule has 3 aromatic rings. The lowest BCUT2D eigenvalue weighted by atomic mass is 10.1. The Morgan fingerprint density at radius 2 is 1.90 bits per heavy atom. The van der Waals surface area contributed by atoms with E-state index in [1.807, 2.05) is 32.0 Å². The summed E-state index contributed by atoms with van der Waals surface area (Å²) in [5, 5.41) is 5.07. The van der Waals surface area contributed by atoms with Crippen LogP contribution in [0.1, 0.15) is 28.5 Å². The topological polar surface area (TPSA) is 34.0 Å². The zero-order valence-corrected chi connectivity index (χ0v) is 13.3. The fourth-order valence-electron chi connectivity index (χ4n) is 2.75. The molecule has 1 amide bonds. The summed E-state index contributed by atoms with van der Waals surface area (Å²) in [6.45, 7) is 6.92. The number of thiophene rings is 1. The Kier molecular flexibility index (Phi) is 3.55. The average Bonchev–Trinajstić information content (AvgIpc) is 2.96. The number of aromatic nitrogens is 1. The van der Waals surface area contributed by atoms with Crippen LogP contribution in [-0.2, 0) is 6.54 Å². The van der Waals surface area contributed by atoms with E-state index >= 15 is 0 Å². The maximum atomic E-state index is 12.6. The summed E-state index contributed by atoms with van der Waals surface area (Å²) < 4.78 is 3.21. The number of carbonyl (C=O) groups excluding carboxylic acids is 1. The molecule has 0 unspecified atom stereocenters. The van der Waals surface area contributed by atoms with Gasteiger partial charge in [0, 0.05) is 12.2 Å². The van der Waals surface area contributed by atoms with Crippen molar-refractivity contribution in [2.24, 2.45) is 0 Å². The van der Waals surface area contributed by atoms with E-state index < -0.39 is 0 Å². The highest BCUT2D eigenvalue weighted by atomic mass is 32.1. The minimum Gasteiger partial charge on any atom is -0.336 e. The Hall–Kier alpha value is -2.07. The van der Waals surface area contributed by atoms with Gasteiger partial charge in [-0.1, -0.05) is 6.07 Å². The number of carbonyl (C=O) groups is 1. The molecule has 2 heterocycles. The van der Waals surface area contributed by atoms with E-state index in [1.54, 1.807) is 11.3 Å². The van der Waals surface area contributed by atoms with Crippen molar-refractivity contribution in [2.75, 3.05) is 5.32 Å². The van der Waals surface area contributed by atoms with Crippen LogP contribution in [-0.4, -0.2) is 10.5 Å². The molecule has 0 spiro atoms. The number of fused-ring (bicyclic) bond motifs is 1. The van der Waals surface area contributed by atoms with Gasteiger partial charge in [-0.25, -0.2) is 0 Å². The molecule has 108 valence electrons. The molecule has 3 nitrogen and oxygen atoms in total. The lowest BCUT2D eigenvalue weighted by molar-refractivity contribution is 0.101. The Bertz CT molecular complexity index is 793. The van der Waals surface area contributed by atoms with Crippen LogP contribution in [0.25, 0.3) is 10.2 Å². The van der Waals surface area contributed by atoms with E-state index in [9.17, 15) is 4.79 Å². The second kappa shape index (κ2) is 5.37. The number of hydrogen-bond acceptors (Lipinski definition) is 2. The van der Waals surface area contributed by atoms with Crippen molar-refractivity contribution in [1.82, 2.24) is 4.57 Å². The van der Waals surface area contributed by atoms with E-state index in [0.29, 0.717) is 0 Å². The number of nitrogens with one attached hydrogen (secondary N) is 1. The predicted molar refractivity (Wildman–Crippen MR) is 89.4 cm³/mol. The first kappa shape index (κ1) is 13.9. The van der Waals surface area contributed by atoms with Crippen LogP contribution in [0.15, 0.2) is 35.7 Å². The highest BCUT2D eigenvalue weighted by molar-refractivity contribution is 7.17. The second-order valence-corrected chi connectivity index (χ2v) is 6.22. The van der Waals surface area contributed by atoms with Gasteiger partial charge in [0.15, 0.2) is 0 Å². The molecule has 0 radical (unpaired) electrons. The summed E-state index contributed by atoms with van der Waals surface area (Å²) in [6, 6.07) is 10.1. The number of hydrogen-bond donors (Lipinski definition) is 1. The lowest BCUT2D eigenvalue weighted by Gasteiger charge is -2.10. The van der Waals surface area contributed by atoms with Crippen molar-refractivity contribution < 1.29 is 4.79 Å². The summed E-state index contributed by atoms with van der Waals surface area (Å²) in [5.74, 6) is -0.0507. The number of amides is 1. The largest absolute Gasteiger partial charge is 0.336 e. The molecule has 0 aliphatic rings. The second-order valence-electron chi connectivity index (χ2n) is 5.27. The molecule has 21 heavy (non-hydrogen) atoms. The molecule has 3 rings (SSSR count). The lowest BCUT2D eigenvalue weighted by Crippen LogP contribution is -2.16. The fraction of sp³-hybridized carbons (Fsp3) is 0.235. The Balaban J connectivity index is 1.94. The first-order valence-corrected chi connectivity index (χ1v) is 7.93. The van der Waals surface area contributed by atoms with Gasteiger partial charge < -0.3 is 9.88 Å². The summed E-state index contributed by atoms with van der Waals surface area (Å²) in [7, 11) is 0. The van der Waals surface area contributed by atoms with E-state index in [0.717, 1.165) is 39.3 Å². The highest BCUT2D eigenvalue weighted by Crippen LogP contribution is 2.26. The average molecular weight is 298 g/mol. The molecule has 0 atom stereocenters. The number of anilines is 1. The van der Waals surface area contributed by atoms with Crippen molar-refractivity contribution in [3.63, 3.8) is 0 Å². The summed E-state index contributed by atoms with van der Waals surface area (Å²) in [5.41, 5.74) is 5.01. The maximum Gasteiger partial charge on any atom is 0.272 e. The molecule has 1 aromatic carbocycles. The van der Waals surface area contributed by atoms with Gasteiger partial charge in [-0.3, -0.25) is 4.79 Å². The molecule has 0 saturated carbocycles. The molecule has 4 heteroatoms. The van der Waals surface area contributed by atoms with E-state index in [4.69, 9.17) is 0 Å². The summed E-state index contributed by atoms with van der Waals surface area (Å²) in [6.07, 6.45) is 0. The van der Waals surface area contributed by atoms with Gasteiger partial charge >= 0.3 is 0 Å². The molecule has 0 saturated heterocycles. The number of aryl methyl sites for hydroxylation is 3. The first-order valence-electron chi connectivity index (χ1n) is 7.05. The molecular formula is C17H18N2OS. The molecule has 1 N–H and O–H groups in total. The summed E-state index contributed by atoms with van der Waals surface area (Å²) in [4.78, 5) is 12.6. The zero-order valence-electron chi connectivity index (χ0n) is 12.4. The van der Waals surface area contributed by atoms with Crippen LogP contribution in [0, 0.1) is 13.8 Å². The molecule has 0 aliphatic heterocycles. The third kappa shape index (κ3) is 2.59. The quantitative estimate of drug-likeness (QED) is 0.754. The summed E-state index contributed by atoms with van der Waals surface area (Å²) >= 11 is 1.67. The van der Waals surface area contributed by atoms with Crippen LogP contribution >= 0.6 is 11.3 Å². The number of nitrogens with zero attached hydrogens (tertiary/aromatic N) is 1. The van der Waals surface area contributed by atoms with Crippen LogP contribution in [0.3, 0.4) is 0 Å². The van der Waals surface area contributed by atoms with Crippen molar-refractivity contribution >= 4 is 33.1 Å². The van der Waals surface area contributed by atoms with Crippen LogP contribution in [0.5, 0.6) is 0 Å². The van der Waals surface area contributed by atoms with E-state index in [1.165, 1.54) is 0 Å². The van der Waals surface area contributed by atoms with Gasteiger partial charge in [-0.05, 0) is 61.5 Å². The highest BCUT2D eigenvalue weighted by Gasteiger charge is 2.15. The standard InChI is InChI=1S/C17H18N2OS/c1-4-19-14-5-6-21-16(14)10-15(19)17(20)18-13-8-11(2)7-12(3)9-13/h5-10H,4H2,1-3H3,(H,18,20). The minimum atomic E-state index is -0.0507. The van der Waals surface area contributed by atoms with Crippen molar-refractivity contribution in [3.05, 3.63) is 52.5 Å². The van der Waals surface area contributed by atoms with Gasteiger partial charge in [0.25, 0.3) is 5.91 Å². The molecule has 2 aromatic heterocycles. The number of benzene rings is 1. The fourth-order valence-corrected chi connectivity index (χ4v) is 3.57. The molecule has 0 fully saturated rings. The number of rotatable bonds is 3. The van der Waals surface area contributed by atoms with Crippen molar-refractivity contribution in [2.45, 2.75) is 27.3 Å². The van der Waals surface area contributed by atoms with Crippen molar-refractivity contribution in [1.29, 1.82) is 0 Å². The third-order valence-corrected chi connectivity index (χ3v) is 4.40. The first-order chi connectivity index (χ1) is 10.1. The van der Waals surface area contributed by atoms with Crippen molar-refractivity contribution in [3.8, 4) is 0 Å². The van der Waals surface area contributed by atoms with Crippen LogP contribution in [0.4, 0.5) is 5.69 Å². The maximum absolute atomic E-state index is 12.6. The van der Waals surface area contributed by atoms with E-state index in [2.05, 4.69) is 34.3 Å². The van der Waals surface area contributed by atoms with Gasteiger partial charge in [0.2, 0.25) is 0 Å². The van der Waals surface area contributed by atoms with Gasteiger partial charge in [0.05, 0.1) is 10.2 Å². The zero-order chi connectivity index (χ0) is 15.0. The molecule has 0 bridgehead atoms. The predicted octanol–water partition coefficient (Wildman–Crippen LogP) is 4.59. The molecular weight excluding hydrogens is 280 g/mol. The normalized spacial score (nSPS) is 11.0. The SMILES string of the molecule is CCn1c(C(=O)Nc2cc(C)cc(C)c2)cc2sccc21. The van der Waals surface area contributed by atoms with E-state index in [-0.39, 0.29) is 5.91 Å². The van der Waals surface area contributed by atoms with Crippen LogP contribution < -0.4 is 5.32 Å². The Morgan fingerprint density at radius 3 is 2.57 bits per heavy atom. The van der Waals surface area contributed by atoms with Gasteiger partial charge in [0.1, 0.15) is 5.69 Å². The Labute approximate surface area is 128 Å². The Morgan fingerprint density at radius 1 is 1.19 bits per heavy atom. The minimum absolute atomic E-state index is 0.0507. The van der Waals surface area contributed by atoms with Gasteiger partial charge in [-0.15, -0.1) is 11.3 Å². The smallest absolute Gasteiger partial charge is 0.272 e.